The Hall–Kier alpha value is -1.54. The molecule has 4 N–H and O–H groups in total. The molecule has 9 heteroatoms. The molecule has 1 aromatic rings. The summed E-state index contributed by atoms with van der Waals surface area (Å²) in [6, 6.07) is 2.98. The number of benzene rings is 1. The van der Waals surface area contributed by atoms with Gasteiger partial charge in [-0.3, -0.25) is 9.59 Å². The van der Waals surface area contributed by atoms with Crippen molar-refractivity contribution in [3.05, 3.63) is 22.7 Å². The number of carbonyl (C=O) groups is 2. The molecule has 1 saturated heterocycles. The predicted molar refractivity (Wildman–Crippen MR) is 98.7 cm³/mol. The van der Waals surface area contributed by atoms with E-state index in [1.807, 2.05) is 6.92 Å². The topological polar surface area (TPSA) is 99.7 Å². The quantitative estimate of drug-likeness (QED) is 0.584. The zero-order valence-corrected chi connectivity index (χ0v) is 15.7. The van der Waals surface area contributed by atoms with Crippen molar-refractivity contribution < 1.29 is 19.4 Å². The molecule has 1 heterocycles. The van der Waals surface area contributed by atoms with Crippen LogP contribution in [0.2, 0.25) is 5.02 Å². The first kappa shape index (κ1) is 21.5. The first-order valence-corrected chi connectivity index (χ1v) is 8.11. The van der Waals surface area contributed by atoms with Gasteiger partial charge in [0.1, 0.15) is 5.75 Å². The highest BCUT2D eigenvalue weighted by Crippen LogP contribution is 2.30. The van der Waals surface area contributed by atoms with Crippen molar-refractivity contribution in [2.24, 2.45) is 0 Å². The van der Waals surface area contributed by atoms with Gasteiger partial charge in [0.25, 0.3) is 0 Å². The van der Waals surface area contributed by atoms with Crippen LogP contribution < -0.4 is 20.7 Å². The van der Waals surface area contributed by atoms with Gasteiger partial charge in [-0.2, -0.15) is 0 Å². The van der Waals surface area contributed by atoms with E-state index in [1.165, 1.54) is 7.11 Å². The lowest BCUT2D eigenvalue weighted by molar-refractivity contribution is -0.123. The SMILES string of the molecule is COc1cc(Cl)c(C)cc1NC(=O)CCNC(=O)C1CC(O)CN1.Cl. The molecule has 0 aliphatic carbocycles. The van der Waals surface area contributed by atoms with Crippen LogP contribution >= 0.6 is 24.0 Å². The average molecular weight is 392 g/mol. The Bertz CT molecular complexity index is 628. The summed E-state index contributed by atoms with van der Waals surface area (Å²) in [5.74, 6) is 0.0288. The molecule has 2 amide bonds. The number of anilines is 1. The second-order valence-electron chi connectivity index (χ2n) is 5.74. The Morgan fingerprint density at radius 2 is 2.16 bits per heavy atom. The number of halogens is 2. The average Bonchev–Trinajstić information content (AvgIpc) is 2.97. The fourth-order valence-electron chi connectivity index (χ4n) is 2.48. The molecule has 140 valence electrons. The summed E-state index contributed by atoms with van der Waals surface area (Å²) >= 11 is 6.03. The van der Waals surface area contributed by atoms with E-state index in [1.54, 1.807) is 12.1 Å². The maximum atomic E-state index is 12.0. The number of aryl methyl sites for hydroxylation is 1. The molecular formula is C16H23Cl2N3O4. The summed E-state index contributed by atoms with van der Waals surface area (Å²) in [5, 5.41) is 18.3. The molecule has 1 aliphatic rings. The van der Waals surface area contributed by atoms with Crippen molar-refractivity contribution in [3.63, 3.8) is 0 Å². The summed E-state index contributed by atoms with van der Waals surface area (Å²) in [6.45, 7) is 2.46. The minimum atomic E-state index is -0.496. The maximum Gasteiger partial charge on any atom is 0.237 e. The first-order chi connectivity index (χ1) is 11.4. The van der Waals surface area contributed by atoms with Gasteiger partial charge in [-0.1, -0.05) is 11.6 Å². The van der Waals surface area contributed by atoms with Crippen molar-refractivity contribution in [1.29, 1.82) is 0 Å². The number of aliphatic hydroxyl groups is 1. The van der Waals surface area contributed by atoms with Gasteiger partial charge >= 0.3 is 0 Å². The van der Waals surface area contributed by atoms with Crippen LogP contribution in [0.25, 0.3) is 0 Å². The van der Waals surface area contributed by atoms with Crippen LogP contribution in [0.5, 0.6) is 5.75 Å². The lowest BCUT2D eigenvalue weighted by Crippen LogP contribution is -2.41. The zero-order valence-electron chi connectivity index (χ0n) is 14.1. The van der Waals surface area contributed by atoms with Gasteiger partial charge in [0.05, 0.1) is 24.9 Å². The van der Waals surface area contributed by atoms with Crippen molar-refractivity contribution in [2.75, 3.05) is 25.5 Å². The number of methoxy groups -OCH3 is 1. The Kier molecular flexibility index (Phi) is 8.44. The van der Waals surface area contributed by atoms with Gasteiger partial charge in [0.15, 0.2) is 0 Å². The van der Waals surface area contributed by atoms with Gasteiger partial charge in [0.2, 0.25) is 11.8 Å². The summed E-state index contributed by atoms with van der Waals surface area (Å²) in [7, 11) is 1.50. The molecule has 0 aromatic heterocycles. The van der Waals surface area contributed by atoms with E-state index in [0.717, 1.165) is 5.56 Å². The third-order valence-electron chi connectivity index (χ3n) is 3.83. The number of hydrogen-bond donors (Lipinski definition) is 4. The number of carbonyl (C=O) groups excluding carboxylic acids is 2. The van der Waals surface area contributed by atoms with Crippen molar-refractivity contribution in [3.8, 4) is 5.75 Å². The van der Waals surface area contributed by atoms with E-state index in [2.05, 4.69) is 16.0 Å². The molecule has 7 nitrogen and oxygen atoms in total. The maximum absolute atomic E-state index is 12.0. The van der Waals surface area contributed by atoms with Crippen molar-refractivity contribution in [1.82, 2.24) is 10.6 Å². The van der Waals surface area contributed by atoms with E-state index >= 15 is 0 Å². The molecular weight excluding hydrogens is 369 g/mol. The van der Waals surface area contributed by atoms with E-state index in [0.29, 0.717) is 29.4 Å². The summed E-state index contributed by atoms with van der Waals surface area (Å²) in [6.07, 6.45) is 0.0233. The van der Waals surface area contributed by atoms with Crippen LogP contribution in [-0.2, 0) is 9.59 Å². The molecule has 2 unspecified atom stereocenters. The number of rotatable bonds is 6. The second-order valence-corrected chi connectivity index (χ2v) is 6.15. The van der Waals surface area contributed by atoms with E-state index in [-0.39, 0.29) is 37.2 Å². The third-order valence-corrected chi connectivity index (χ3v) is 4.24. The highest BCUT2D eigenvalue weighted by molar-refractivity contribution is 6.31. The van der Waals surface area contributed by atoms with Crippen LogP contribution in [0, 0.1) is 6.92 Å². The molecule has 1 aliphatic heterocycles. The number of hydrogen-bond acceptors (Lipinski definition) is 5. The van der Waals surface area contributed by atoms with Crippen LogP contribution in [0.1, 0.15) is 18.4 Å². The fraction of sp³-hybridized carbons (Fsp3) is 0.500. The van der Waals surface area contributed by atoms with Crippen LogP contribution in [0.15, 0.2) is 12.1 Å². The molecule has 2 rings (SSSR count). The van der Waals surface area contributed by atoms with Gasteiger partial charge in [-0.25, -0.2) is 0 Å². The van der Waals surface area contributed by atoms with E-state index in [4.69, 9.17) is 16.3 Å². The highest BCUT2D eigenvalue weighted by atomic mass is 35.5. The number of β-amino-alcohol motifs (C(OH)–C–C–N with tert-alkyl or cyclic N) is 1. The zero-order chi connectivity index (χ0) is 17.7. The van der Waals surface area contributed by atoms with Gasteiger partial charge in [-0.15, -0.1) is 12.4 Å². The Morgan fingerprint density at radius 1 is 1.44 bits per heavy atom. The minimum Gasteiger partial charge on any atom is -0.495 e. The number of ether oxygens (including phenoxy) is 1. The van der Waals surface area contributed by atoms with Gasteiger partial charge in [0, 0.05) is 30.6 Å². The Morgan fingerprint density at radius 3 is 2.76 bits per heavy atom. The van der Waals surface area contributed by atoms with Crippen molar-refractivity contribution >= 4 is 41.5 Å². The van der Waals surface area contributed by atoms with E-state index < -0.39 is 12.1 Å². The third kappa shape index (κ3) is 6.04. The minimum absolute atomic E-state index is 0. The molecule has 2 atom stereocenters. The largest absolute Gasteiger partial charge is 0.495 e. The standard InChI is InChI=1S/C16H22ClN3O4.ClH/c1-9-5-12(14(24-2)7-11(9)17)20-15(22)3-4-18-16(23)13-6-10(21)8-19-13;/h5,7,10,13,19,21H,3-4,6,8H2,1-2H3,(H,18,23)(H,20,22);1H. The first-order valence-electron chi connectivity index (χ1n) is 7.74. The number of nitrogens with one attached hydrogen (secondary N) is 3. The molecule has 1 aromatic carbocycles. The lowest BCUT2D eigenvalue weighted by atomic mass is 10.2. The lowest BCUT2D eigenvalue weighted by Gasteiger charge is -2.13. The molecule has 0 radical (unpaired) electrons. The predicted octanol–water partition coefficient (Wildman–Crippen LogP) is 1.25. The second kappa shape index (κ2) is 9.82. The van der Waals surface area contributed by atoms with Gasteiger partial charge < -0.3 is 25.8 Å². The number of aliphatic hydroxyl groups excluding tert-OH is 1. The Labute approximate surface area is 157 Å². The smallest absolute Gasteiger partial charge is 0.237 e. The van der Waals surface area contributed by atoms with Crippen molar-refractivity contribution in [2.45, 2.75) is 31.9 Å². The van der Waals surface area contributed by atoms with Crippen LogP contribution in [-0.4, -0.2) is 49.3 Å². The summed E-state index contributed by atoms with van der Waals surface area (Å²) in [5.41, 5.74) is 1.36. The Balaban J connectivity index is 0.00000312. The molecule has 1 fully saturated rings. The molecule has 0 spiro atoms. The molecule has 0 saturated carbocycles. The highest BCUT2D eigenvalue weighted by Gasteiger charge is 2.27. The summed E-state index contributed by atoms with van der Waals surface area (Å²) < 4.78 is 5.20. The normalized spacial score (nSPS) is 19.0. The number of amides is 2. The van der Waals surface area contributed by atoms with Crippen LogP contribution in [0.4, 0.5) is 5.69 Å². The molecule has 0 bridgehead atoms. The van der Waals surface area contributed by atoms with E-state index in [9.17, 15) is 14.7 Å². The molecule has 25 heavy (non-hydrogen) atoms. The van der Waals surface area contributed by atoms with Gasteiger partial charge in [-0.05, 0) is 25.0 Å². The van der Waals surface area contributed by atoms with Crippen LogP contribution in [0.3, 0.4) is 0 Å². The monoisotopic (exact) mass is 391 g/mol. The summed E-state index contributed by atoms with van der Waals surface area (Å²) in [4.78, 5) is 23.9. The fourth-order valence-corrected chi connectivity index (χ4v) is 2.64.